The first kappa shape index (κ1) is 21.2. The van der Waals surface area contributed by atoms with E-state index in [0.29, 0.717) is 12.1 Å². The number of likely N-dealkylation sites (N-methyl/N-ethyl adjacent to an activating group) is 1. The molecule has 0 fully saturated rings. The Morgan fingerprint density at radius 3 is 2.20 bits per heavy atom. The second-order valence-corrected chi connectivity index (χ2v) is 5.83. The largest absolute Gasteiger partial charge is 0.480 e. The number of aliphatic carboxylic acids is 1. The molecule has 0 aliphatic rings. The molecule has 1 unspecified atom stereocenters. The van der Waals surface area contributed by atoms with Crippen LogP contribution in [0.3, 0.4) is 0 Å². The van der Waals surface area contributed by atoms with Crippen molar-refractivity contribution in [2.75, 3.05) is 12.4 Å². The minimum absolute atomic E-state index is 0. The van der Waals surface area contributed by atoms with Crippen molar-refractivity contribution in [3.05, 3.63) is 57.8 Å². The molecule has 25 heavy (non-hydrogen) atoms. The molecule has 1 atom stereocenters. The zero-order valence-electron chi connectivity index (χ0n) is 13.1. The van der Waals surface area contributed by atoms with Gasteiger partial charge in [-0.05, 0) is 31.2 Å². The standard InChI is InChI=1S/C16H15Cl2N3O3.ClH/c1-19-13(16(23)24)6-9-2-4-10(5-3-9)21-15(22)14-11(17)7-20-8-12(14)18;/h2-5,7-8,13,19H,6H2,1H3,(H,21,22)(H,23,24);1H. The first-order chi connectivity index (χ1) is 11.4. The molecule has 0 aliphatic carbocycles. The Balaban J connectivity index is 0.00000312. The molecule has 1 heterocycles. The molecule has 1 amide bonds. The minimum Gasteiger partial charge on any atom is -0.480 e. The van der Waals surface area contributed by atoms with Gasteiger partial charge in [-0.2, -0.15) is 0 Å². The fraction of sp³-hybridized carbons (Fsp3) is 0.188. The number of aromatic nitrogens is 1. The van der Waals surface area contributed by atoms with Crippen molar-refractivity contribution < 1.29 is 14.7 Å². The number of hydrogen-bond acceptors (Lipinski definition) is 4. The maximum Gasteiger partial charge on any atom is 0.321 e. The van der Waals surface area contributed by atoms with Gasteiger partial charge in [0.1, 0.15) is 6.04 Å². The normalized spacial score (nSPS) is 11.3. The molecule has 0 bridgehead atoms. The second kappa shape index (κ2) is 9.58. The van der Waals surface area contributed by atoms with Gasteiger partial charge >= 0.3 is 5.97 Å². The fourth-order valence-corrected chi connectivity index (χ4v) is 2.63. The fourth-order valence-electron chi connectivity index (χ4n) is 2.09. The highest BCUT2D eigenvalue weighted by Crippen LogP contribution is 2.24. The number of nitrogens with one attached hydrogen (secondary N) is 2. The van der Waals surface area contributed by atoms with Crippen LogP contribution in [-0.4, -0.2) is 35.1 Å². The molecular weight excluding hydrogens is 389 g/mol. The summed E-state index contributed by atoms with van der Waals surface area (Å²) in [6.45, 7) is 0. The number of hydrogen-bond donors (Lipinski definition) is 3. The quantitative estimate of drug-likeness (QED) is 0.687. The molecule has 0 radical (unpaired) electrons. The summed E-state index contributed by atoms with van der Waals surface area (Å²) in [6, 6.07) is 6.20. The van der Waals surface area contributed by atoms with Gasteiger partial charge in [0.2, 0.25) is 0 Å². The lowest BCUT2D eigenvalue weighted by molar-refractivity contribution is -0.139. The lowest BCUT2D eigenvalue weighted by atomic mass is 10.1. The van der Waals surface area contributed by atoms with Gasteiger partial charge in [0.05, 0.1) is 15.6 Å². The lowest BCUT2D eigenvalue weighted by Gasteiger charge is -2.12. The average molecular weight is 405 g/mol. The number of amides is 1. The van der Waals surface area contributed by atoms with E-state index in [0.717, 1.165) is 5.56 Å². The summed E-state index contributed by atoms with van der Waals surface area (Å²) in [5.74, 6) is -1.37. The van der Waals surface area contributed by atoms with Gasteiger partial charge < -0.3 is 15.7 Å². The molecule has 1 aromatic heterocycles. The molecule has 6 nitrogen and oxygen atoms in total. The third-order valence-electron chi connectivity index (χ3n) is 3.38. The van der Waals surface area contributed by atoms with Crippen LogP contribution in [0.15, 0.2) is 36.7 Å². The number of carboxylic acids is 1. The van der Waals surface area contributed by atoms with Gasteiger partial charge in [-0.3, -0.25) is 14.6 Å². The van der Waals surface area contributed by atoms with Crippen LogP contribution < -0.4 is 10.6 Å². The number of pyridine rings is 1. The van der Waals surface area contributed by atoms with Crippen molar-refractivity contribution in [2.45, 2.75) is 12.5 Å². The first-order valence-electron chi connectivity index (χ1n) is 7.01. The highest BCUT2D eigenvalue weighted by molar-refractivity contribution is 6.40. The summed E-state index contributed by atoms with van der Waals surface area (Å²) in [7, 11) is 1.59. The number of halogens is 3. The summed E-state index contributed by atoms with van der Waals surface area (Å²) >= 11 is 11.9. The van der Waals surface area contributed by atoms with E-state index in [-0.39, 0.29) is 28.0 Å². The summed E-state index contributed by atoms with van der Waals surface area (Å²) < 4.78 is 0. The van der Waals surface area contributed by atoms with Crippen LogP contribution in [0.4, 0.5) is 5.69 Å². The zero-order valence-corrected chi connectivity index (χ0v) is 15.5. The van der Waals surface area contributed by atoms with Crippen LogP contribution in [-0.2, 0) is 11.2 Å². The van der Waals surface area contributed by atoms with Crippen molar-refractivity contribution in [3.8, 4) is 0 Å². The van der Waals surface area contributed by atoms with Crippen molar-refractivity contribution in [1.82, 2.24) is 10.3 Å². The maximum atomic E-state index is 12.3. The van der Waals surface area contributed by atoms with E-state index in [2.05, 4.69) is 15.6 Å². The minimum atomic E-state index is -0.920. The van der Waals surface area contributed by atoms with E-state index in [1.54, 1.807) is 31.3 Å². The monoisotopic (exact) mass is 403 g/mol. The van der Waals surface area contributed by atoms with Crippen LogP contribution in [0, 0.1) is 0 Å². The molecule has 1 aromatic carbocycles. The van der Waals surface area contributed by atoms with E-state index in [9.17, 15) is 9.59 Å². The Kier molecular flexibility index (Phi) is 8.12. The summed E-state index contributed by atoms with van der Waals surface area (Å²) in [4.78, 5) is 27.1. The Bertz CT molecular complexity index is 734. The van der Waals surface area contributed by atoms with Crippen molar-refractivity contribution in [2.24, 2.45) is 0 Å². The summed E-state index contributed by atoms with van der Waals surface area (Å²) in [5, 5.41) is 14.8. The Morgan fingerprint density at radius 1 is 1.16 bits per heavy atom. The predicted molar refractivity (Wildman–Crippen MR) is 100 cm³/mol. The average Bonchev–Trinajstić information content (AvgIpc) is 2.53. The van der Waals surface area contributed by atoms with E-state index in [1.165, 1.54) is 12.4 Å². The maximum absolute atomic E-state index is 12.3. The number of nitrogens with zero attached hydrogens (tertiary/aromatic N) is 1. The molecule has 0 saturated carbocycles. The predicted octanol–water partition coefficient (Wildman–Crippen LogP) is 3.28. The summed E-state index contributed by atoms with van der Waals surface area (Å²) in [6.07, 6.45) is 3.02. The molecule has 0 spiro atoms. The number of carbonyl (C=O) groups excluding carboxylic acids is 1. The van der Waals surface area contributed by atoms with Gasteiger partial charge in [0.25, 0.3) is 5.91 Å². The number of carboxylic acid groups (broad SMARTS) is 1. The number of carbonyl (C=O) groups is 2. The molecule has 9 heteroatoms. The number of rotatable bonds is 6. The second-order valence-electron chi connectivity index (χ2n) is 5.01. The third-order valence-corrected chi connectivity index (χ3v) is 3.95. The first-order valence-corrected chi connectivity index (χ1v) is 7.77. The van der Waals surface area contributed by atoms with Crippen LogP contribution >= 0.6 is 35.6 Å². The van der Waals surface area contributed by atoms with Crippen LogP contribution in [0.5, 0.6) is 0 Å². The number of anilines is 1. The molecule has 0 aliphatic heterocycles. The molecule has 2 aromatic rings. The molecular formula is C16H16Cl3N3O3. The summed E-state index contributed by atoms with van der Waals surface area (Å²) in [5.41, 5.74) is 1.53. The third kappa shape index (κ3) is 5.57. The van der Waals surface area contributed by atoms with E-state index >= 15 is 0 Å². The lowest BCUT2D eigenvalue weighted by Crippen LogP contribution is -2.35. The van der Waals surface area contributed by atoms with E-state index < -0.39 is 17.9 Å². The van der Waals surface area contributed by atoms with Crippen molar-refractivity contribution in [3.63, 3.8) is 0 Å². The van der Waals surface area contributed by atoms with Crippen LogP contribution in [0.1, 0.15) is 15.9 Å². The van der Waals surface area contributed by atoms with Crippen LogP contribution in [0.2, 0.25) is 10.0 Å². The van der Waals surface area contributed by atoms with Gasteiger partial charge in [-0.15, -0.1) is 12.4 Å². The Labute approximate surface area is 161 Å². The zero-order chi connectivity index (χ0) is 17.7. The van der Waals surface area contributed by atoms with Gasteiger partial charge in [-0.25, -0.2) is 0 Å². The van der Waals surface area contributed by atoms with Gasteiger partial charge in [-0.1, -0.05) is 35.3 Å². The highest BCUT2D eigenvalue weighted by Gasteiger charge is 2.17. The van der Waals surface area contributed by atoms with Gasteiger partial charge in [0, 0.05) is 18.1 Å². The molecule has 0 saturated heterocycles. The van der Waals surface area contributed by atoms with E-state index in [4.69, 9.17) is 28.3 Å². The van der Waals surface area contributed by atoms with Gasteiger partial charge in [0.15, 0.2) is 0 Å². The Hall–Kier alpha value is -1.86. The topological polar surface area (TPSA) is 91.3 Å². The molecule has 2 rings (SSSR count). The number of benzene rings is 1. The SMILES string of the molecule is CNC(Cc1ccc(NC(=O)c2c(Cl)cncc2Cl)cc1)C(=O)O.Cl. The van der Waals surface area contributed by atoms with Crippen molar-refractivity contribution >= 4 is 53.2 Å². The smallest absolute Gasteiger partial charge is 0.321 e. The van der Waals surface area contributed by atoms with E-state index in [1.807, 2.05) is 0 Å². The highest BCUT2D eigenvalue weighted by atomic mass is 35.5. The molecule has 134 valence electrons. The Morgan fingerprint density at radius 2 is 1.72 bits per heavy atom. The molecule has 3 N–H and O–H groups in total. The van der Waals surface area contributed by atoms with Crippen molar-refractivity contribution in [1.29, 1.82) is 0 Å². The van der Waals surface area contributed by atoms with Crippen LogP contribution in [0.25, 0.3) is 0 Å².